The van der Waals surface area contributed by atoms with Gasteiger partial charge in [-0.1, -0.05) is 80.9 Å². The average molecular weight is 669 g/mol. The Bertz CT molecular complexity index is 1380. The first-order valence-electron chi connectivity index (χ1n) is 15.8. The Kier molecular flexibility index (Phi) is 15.5. The summed E-state index contributed by atoms with van der Waals surface area (Å²) in [7, 11) is 1.22. The molecule has 0 radical (unpaired) electrons. The van der Waals surface area contributed by atoms with E-state index in [1.165, 1.54) is 14.0 Å². The fourth-order valence-electron chi connectivity index (χ4n) is 4.43. The van der Waals surface area contributed by atoms with Crippen molar-refractivity contribution in [1.82, 2.24) is 21.3 Å². The van der Waals surface area contributed by atoms with Crippen LogP contribution in [0.3, 0.4) is 0 Å². The van der Waals surface area contributed by atoms with E-state index in [0.717, 1.165) is 11.1 Å². The summed E-state index contributed by atoms with van der Waals surface area (Å²) in [4.78, 5) is 77.8. The van der Waals surface area contributed by atoms with Crippen molar-refractivity contribution in [3.63, 3.8) is 0 Å². The largest absolute Gasteiger partial charge is 0.467 e. The smallest absolute Gasteiger partial charge is 0.408 e. The van der Waals surface area contributed by atoms with Gasteiger partial charge in [0.1, 0.15) is 36.4 Å². The van der Waals surface area contributed by atoms with Crippen molar-refractivity contribution in [2.45, 2.75) is 97.2 Å². The number of benzene rings is 2. The number of nitrogens with one attached hydrogen (secondary N) is 4. The molecule has 5 atom stereocenters. The van der Waals surface area contributed by atoms with Crippen molar-refractivity contribution in [2.75, 3.05) is 7.11 Å². The third-order valence-corrected chi connectivity index (χ3v) is 7.25. The summed E-state index contributed by atoms with van der Waals surface area (Å²) in [6.45, 7) is 9.88. The third kappa shape index (κ3) is 13.8. The lowest BCUT2D eigenvalue weighted by Crippen LogP contribution is -2.59. The lowest BCUT2D eigenvalue weighted by Gasteiger charge is -2.28. The van der Waals surface area contributed by atoms with Crippen LogP contribution >= 0.6 is 0 Å². The summed E-state index contributed by atoms with van der Waals surface area (Å²) in [5, 5.41) is 10.2. The first kappa shape index (κ1) is 39.2. The minimum atomic E-state index is -1.44. The number of hydrogen-bond acceptors (Lipinski definition) is 9. The maximum Gasteiger partial charge on any atom is 0.408 e. The fourth-order valence-corrected chi connectivity index (χ4v) is 4.43. The Morgan fingerprint density at radius 1 is 0.729 bits per heavy atom. The van der Waals surface area contributed by atoms with Gasteiger partial charge in [0.2, 0.25) is 17.7 Å². The molecule has 0 aliphatic rings. The molecule has 2 aromatic rings. The van der Waals surface area contributed by atoms with Gasteiger partial charge in [0.25, 0.3) is 0 Å². The van der Waals surface area contributed by atoms with Crippen LogP contribution in [0.5, 0.6) is 0 Å². The second-order valence-electron chi connectivity index (χ2n) is 12.4. The number of esters is 2. The first-order valence-corrected chi connectivity index (χ1v) is 15.8. The van der Waals surface area contributed by atoms with Gasteiger partial charge in [0, 0.05) is 6.42 Å². The van der Waals surface area contributed by atoms with Crippen LogP contribution in [0.4, 0.5) is 4.79 Å². The number of rotatable bonds is 16. The topological polar surface area (TPSA) is 178 Å². The highest BCUT2D eigenvalue weighted by atomic mass is 16.6. The van der Waals surface area contributed by atoms with Crippen LogP contribution in [0.15, 0.2) is 60.7 Å². The van der Waals surface area contributed by atoms with Crippen LogP contribution in [-0.4, -0.2) is 72.6 Å². The minimum Gasteiger partial charge on any atom is -0.467 e. The molecule has 0 aromatic heterocycles. The monoisotopic (exact) mass is 668 g/mol. The number of methoxy groups -OCH3 is 1. The van der Waals surface area contributed by atoms with E-state index >= 15 is 0 Å². The highest BCUT2D eigenvalue weighted by Crippen LogP contribution is 2.12. The SMILES string of the molecule is CC[C@H](C)[C@H](NC(=O)[C@H](C)NC(=O)[C@@H](CC(=O)OCc1ccccc1)NC(=O)OC(C)(C)C)C(=O)N[C@@H](Cc1ccccc1)C(=O)OC. The third-order valence-electron chi connectivity index (χ3n) is 7.25. The summed E-state index contributed by atoms with van der Waals surface area (Å²) in [5.41, 5.74) is 0.647. The number of amides is 4. The summed E-state index contributed by atoms with van der Waals surface area (Å²) in [6.07, 6.45) is -0.805. The van der Waals surface area contributed by atoms with E-state index in [9.17, 15) is 28.8 Å². The van der Waals surface area contributed by atoms with Gasteiger partial charge in [0.15, 0.2) is 0 Å². The molecule has 13 heteroatoms. The lowest BCUT2D eigenvalue weighted by molar-refractivity contribution is -0.147. The number of hydrogen-bond donors (Lipinski definition) is 4. The second kappa shape index (κ2) is 19.0. The predicted octanol–water partition coefficient (Wildman–Crippen LogP) is 2.95. The van der Waals surface area contributed by atoms with Gasteiger partial charge in [0.05, 0.1) is 13.5 Å². The molecule has 0 spiro atoms. The van der Waals surface area contributed by atoms with Gasteiger partial charge in [-0.3, -0.25) is 19.2 Å². The first-order chi connectivity index (χ1) is 22.6. The highest BCUT2D eigenvalue weighted by Gasteiger charge is 2.33. The number of carbonyl (C=O) groups is 6. The van der Waals surface area contributed by atoms with E-state index in [-0.39, 0.29) is 18.9 Å². The van der Waals surface area contributed by atoms with Gasteiger partial charge in [-0.05, 0) is 44.7 Å². The molecule has 0 fully saturated rings. The maximum atomic E-state index is 13.4. The van der Waals surface area contributed by atoms with E-state index in [0.29, 0.717) is 6.42 Å². The maximum absolute atomic E-state index is 13.4. The van der Waals surface area contributed by atoms with Crippen LogP contribution in [-0.2, 0) is 51.2 Å². The molecule has 0 aliphatic carbocycles. The van der Waals surface area contributed by atoms with Crippen molar-refractivity contribution in [3.8, 4) is 0 Å². The molecular formula is C35H48N4O9. The van der Waals surface area contributed by atoms with Crippen molar-refractivity contribution in [2.24, 2.45) is 5.92 Å². The lowest BCUT2D eigenvalue weighted by atomic mass is 9.97. The normalized spacial score (nSPS) is 14.1. The standard InChI is InChI=1S/C35H48N4O9/c1-8-22(2)29(32(43)37-27(33(44)46-7)19-24-15-11-9-12-16-24)39-30(41)23(3)36-31(42)26(38-34(45)48-35(4,5)6)20-28(40)47-21-25-17-13-10-14-18-25/h9-18,22-23,26-27,29H,8,19-21H2,1-7H3,(H,36,42)(H,37,43)(H,38,45)(H,39,41)/t22-,23-,26+,27-,29-/m0/s1. The van der Waals surface area contributed by atoms with Gasteiger partial charge in [-0.15, -0.1) is 0 Å². The molecule has 0 bridgehead atoms. The van der Waals surface area contributed by atoms with Crippen molar-refractivity contribution < 1.29 is 43.0 Å². The molecule has 48 heavy (non-hydrogen) atoms. The molecule has 0 aliphatic heterocycles. The van der Waals surface area contributed by atoms with Crippen LogP contribution < -0.4 is 21.3 Å². The summed E-state index contributed by atoms with van der Waals surface area (Å²) >= 11 is 0. The zero-order chi connectivity index (χ0) is 35.9. The number of ether oxygens (including phenoxy) is 3. The Morgan fingerprint density at radius 2 is 1.31 bits per heavy atom. The summed E-state index contributed by atoms with van der Waals surface area (Å²) in [5.74, 6) is -3.92. The van der Waals surface area contributed by atoms with E-state index in [1.54, 1.807) is 52.0 Å². The van der Waals surface area contributed by atoms with Gasteiger partial charge in [-0.2, -0.15) is 0 Å². The average Bonchev–Trinajstić information content (AvgIpc) is 3.04. The van der Waals surface area contributed by atoms with E-state index in [4.69, 9.17) is 14.2 Å². The van der Waals surface area contributed by atoms with Crippen LogP contribution in [0, 0.1) is 5.92 Å². The van der Waals surface area contributed by atoms with Gasteiger partial charge < -0.3 is 35.5 Å². The van der Waals surface area contributed by atoms with Crippen LogP contribution in [0.25, 0.3) is 0 Å². The molecular weight excluding hydrogens is 620 g/mol. The van der Waals surface area contributed by atoms with Gasteiger partial charge >= 0.3 is 18.0 Å². The second-order valence-corrected chi connectivity index (χ2v) is 12.4. The molecule has 4 amide bonds. The van der Waals surface area contributed by atoms with Crippen molar-refractivity contribution >= 4 is 35.8 Å². The van der Waals surface area contributed by atoms with Crippen molar-refractivity contribution in [1.29, 1.82) is 0 Å². The zero-order valence-electron chi connectivity index (χ0n) is 28.7. The number of carbonyl (C=O) groups excluding carboxylic acids is 6. The fraction of sp³-hybridized carbons (Fsp3) is 0.486. The quantitative estimate of drug-likeness (QED) is 0.155. The molecule has 262 valence electrons. The van der Waals surface area contributed by atoms with Gasteiger partial charge in [-0.25, -0.2) is 9.59 Å². The minimum absolute atomic E-state index is 0.0412. The Balaban J connectivity index is 2.13. The van der Waals surface area contributed by atoms with E-state index < -0.39 is 71.9 Å². The van der Waals surface area contributed by atoms with Crippen LogP contribution in [0.1, 0.15) is 65.5 Å². The predicted molar refractivity (Wildman–Crippen MR) is 177 cm³/mol. The van der Waals surface area contributed by atoms with Crippen molar-refractivity contribution in [3.05, 3.63) is 71.8 Å². The van der Waals surface area contributed by atoms with Crippen LogP contribution in [0.2, 0.25) is 0 Å². The highest BCUT2D eigenvalue weighted by molar-refractivity contribution is 5.95. The molecule has 0 heterocycles. The van der Waals surface area contributed by atoms with E-state index in [1.807, 2.05) is 43.3 Å². The molecule has 0 saturated heterocycles. The molecule has 0 saturated carbocycles. The summed E-state index contributed by atoms with van der Waals surface area (Å²) < 4.78 is 15.4. The molecule has 13 nitrogen and oxygen atoms in total. The van der Waals surface area contributed by atoms with E-state index in [2.05, 4.69) is 21.3 Å². The Labute approximate surface area is 281 Å². The molecule has 0 unspecified atom stereocenters. The summed E-state index contributed by atoms with van der Waals surface area (Å²) in [6, 6.07) is 13.3. The Morgan fingerprint density at radius 3 is 1.85 bits per heavy atom. The number of alkyl carbamates (subject to hydrolysis) is 1. The molecule has 4 N–H and O–H groups in total. The molecule has 2 rings (SSSR count). The zero-order valence-corrected chi connectivity index (χ0v) is 28.7. The molecule has 2 aromatic carbocycles. The Hall–Kier alpha value is -4.94.